The molecule has 1 atom stereocenters. The van der Waals surface area contributed by atoms with Gasteiger partial charge < -0.3 is 5.11 Å². The minimum Gasteiger partial charge on any atom is -0.508 e. The number of aldehydes is 2. The van der Waals surface area contributed by atoms with Gasteiger partial charge in [0.2, 0.25) is 0 Å². The summed E-state index contributed by atoms with van der Waals surface area (Å²) in [7, 11) is 2.08. The van der Waals surface area contributed by atoms with Crippen molar-refractivity contribution in [3.8, 4) is 5.75 Å². The monoisotopic (exact) mass is 462 g/mol. The van der Waals surface area contributed by atoms with Crippen LogP contribution in [0.5, 0.6) is 5.75 Å². The number of phenols is 1. The fraction of sp³-hybridized carbons (Fsp3) is 0.483. The van der Waals surface area contributed by atoms with E-state index in [4.69, 9.17) is 4.99 Å². The first-order chi connectivity index (χ1) is 16.0. The highest BCUT2D eigenvalue weighted by atomic mass is 16.3. The zero-order chi connectivity index (χ0) is 25.1. The van der Waals surface area contributed by atoms with Gasteiger partial charge in [-0.25, -0.2) is 0 Å². The Morgan fingerprint density at radius 2 is 1.74 bits per heavy atom. The first-order valence-electron chi connectivity index (χ1n) is 12.1. The lowest BCUT2D eigenvalue weighted by Crippen LogP contribution is -2.50. The van der Waals surface area contributed by atoms with Crippen LogP contribution in [0.25, 0.3) is 0 Å². The number of carbonyl (C=O) groups excluding carboxylic acids is 2. The fourth-order valence-corrected chi connectivity index (χ4v) is 5.22. The van der Waals surface area contributed by atoms with E-state index in [1.165, 1.54) is 0 Å². The van der Waals surface area contributed by atoms with Crippen LogP contribution in [0.2, 0.25) is 0 Å². The van der Waals surface area contributed by atoms with Crippen molar-refractivity contribution in [1.29, 1.82) is 0 Å². The van der Waals surface area contributed by atoms with Gasteiger partial charge in [-0.15, -0.1) is 0 Å². The van der Waals surface area contributed by atoms with Crippen molar-refractivity contribution in [3.05, 3.63) is 64.7 Å². The molecule has 0 spiro atoms. The molecule has 0 aliphatic heterocycles. The number of nitrogens with zero attached hydrogens (tertiary/aromatic N) is 2. The molecule has 2 aromatic rings. The summed E-state index contributed by atoms with van der Waals surface area (Å²) in [5, 5.41) is 10.1. The Bertz CT molecular complexity index is 1020. The second-order valence-corrected chi connectivity index (χ2v) is 10.9. The number of phenolic OH excluding ortho intramolecular Hbond substituents is 1. The zero-order valence-electron chi connectivity index (χ0n) is 21.3. The van der Waals surface area contributed by atoms with E-state index < -0.39 is 5.66 Å². The van der Waals surface area contributed by atoms with Gasteiger partial charge >= 0.3 is 0 Å². The van der Waals surface area contributed by atoms with Gasteiger partial charge in [-0.2, -0.15) is 0 Å². The van der Waals surface area contributed by atoms with E-state index in [0.29, 0.717) is 22.8 Å². The minimum atomic E-state index is -0.542. The molecule has 34 heavy (non-hydrogen) atoms. The van der Waals surface area contributed by atoms with E-state index in [2.05, 4.69) is 39.6 Å². The Hall–Kier alpha value is -2.79. The van der Waals surface area contributed by atoms with Crippen LogP contribution < -0.4 is 0 Å². The summed E-state index contributed by atoms with van der Waals surface area (Å²) >= 11 is 0. The Kier molecular flexibility index (Phi) is 7.77. The lowest BCUT2D eigenvalue weighted by Gasteiger charge is -2.48. The lowest BCUT2D eigenvalue weighted by atomic mass is 9.69. The molecule has 1 aliphatic rings. The van der Waals surface area contributed by atoms with E-state index in [-0.39, 0.29) is 17.2 Å². The quantitative estimate of drug-likeness (QED) is 0.397. The number of aryl methyl sites for hydroxylation is 1. The normalized spacial score (nSPS) is 22.4. The maximum atomic E-state index is 12.2. The summed E-state index contributed by atoms with van der Waals surface area (Å²) in [4.78, 5) is 30.7. The molecule has 0 bridgehead atoms. The molecular weight excluding hydrogens is 424 g/mol. The second-order valence-electron chi connectivity index (χ2n) is 10.9. The molecule has 5 nitrogen and oxygen atoms in total. The van der Waals surface area contributed by atoms with Crippen molar-refractivity contribution < 1.29 is 14.7 Å². The number of hydrogen-bond donors (Lipinski definition) is 1. The van der Waals surface area contributed by atoms with Crippen LogP contribution in [0.15, 0.2) is 47.5 Å². The summed E-state index contributed by atoms with van der Waals surface area (Å²) in [5.74, 6) is 0.723. The average molecular weight is 463 g/mol. The number of rotatable bonds is 7. The van der Waals surface area contributed by atoms with E-state index in [1.54, 1.807) is 12.1 Å². The van der Waals surface area contributed by atoms with Crippen molar-refractivity contribution in [2.45, 2.75) is 72.0 Å². The number of aromatic hydroxyl groups is 1. The first kappa shape index (κ1) is 25.8. The van der Waals surface area contributed by atoms with Crippen LogP contribution in [0, 0.1) is 18.3 Å². The predicted molar refractivity (Wildman–Crippen MR) is 138 cm³/mol. The van der Waals surface area contributed by atoms with Gasteiger partial charge in [-0.3, -0.25) is 19.5 Å². The number of benzene rings is 2. The Morgan fingerprint density at radius 1 is 1.12 bits per heavy atom. The second kappa shape index (κ2) is 10.2. The average Bonchev–Trinajstić information content (AvgIpc) is 2.80. The van der Waals surface area contributed by atoms with Crippen LogP contribution in [0.3, 0.4) is 0 Å². The van der Waals surface area contributed by atoms with E-state index in [0.717, 1.165) is 49.4 Å². The van der Waals surface area contributed by atoms with Crippen molar-refractivity contribution >= 4 is 18.3 Å². The number of hydrogen-bond acceptors (Lipinski definition) is 5. The number of aliphatic imine (C=N–C) groups is 1. The maximum absolute atomic E-state index is 12.2. The summed E-state index contributed by atoms with van der Waals surface area (Å²) in [5.41, 5.74) is 3.32. The molecular formula is C29H38N2O3. The van der Waals surface area contributed by atoms with Gasteiger partial charge in [-0.1, -0.05) is 45.0 Å². The molecule has 1 unspecified atom stereocenters. The molecule has 2 aromatic carbocycles. The smallest absolute Gasteiger partial charge is 0.168 e. The molecule has 0 amide bonds. The van der Waals surface area contributed by atoms with Gasteiger partial charge in [-0.05, 0) is 87.2 Å². The van der Waals surface area contributed by atoms with Crippen molar-refractivity contribution in [1.82, 2.24) is 4.90 Å². The third-order valence-corrected chi connectivity index (χ3v) is 7.60. The third-order valence-electron chi connectivity index (χ3n) is 7.60. The molecule has 3 rings (SSSR count). The summed E-state index contributed by atoms with van der Waals surface area (Å²) in [6.45, 7) is 10.9. The molecule has 0 radical (unpaired) electrons. The minimum absolute atomic E-state index is 0.0365. The molecule has 1 saturated carbocycles. The lowest BCUT2D eigenvalue weighted by molar-refractivity contribution is -0.102. The molecule has 182 valence electrons. The SMILES string of the molecule is Cc1cc(O)cc(/C(C=O)=N/C2(N(C)C(C)c3ccc(C=O)cc3)CCC(C(C)(C)C)CC2)c1. The summed E-state index contributed by atoms with van der Waals surface area (Å²) < 4.78 is 0. The fourth-order valence-electron chi connectivity index (χ4n) is 5.22. The van der Waals surface area contributed by atoms with Crippen LogP contribution in [-0.2, 0) is 4.79 Å². The van der Waals surface area contributed by atoms with Crippen LogP contribution >= 0.6 is 0 Å². The molecule has 0 saturated heterocycles. The van der Waals surface area contributed by atoms with E-state index in [9.17, 15) is 14.7 Å². The Morgan fingerprint density at radius 3 is 2.24 bits per heavy atom. The van der Waals surface area contributed by atoms with E-state index in [1.807, 2.05) is 37.3 Å². The first-order valence-corrected chi connectivity index (χ1v) is 12.1. The predicted octanol–water partition coefficient (Wildman–Crippen LogP) is 6.13. The molecule has 0 aromatic heterocycles. The maximum Gasteiger partial charge on any atom is 0.168 e. The molecule has 1 fully saturated rings. The zero-order valence-corrected chi connectivity index (χ0v) is 21.3. The van der Waals surface area contributed by atoms with Crippen molar-refractivity contribution in [2.75, 3.05) is 7.05 Å². The van der Waals surface area contributed by atoms with Crippen molar-refractivity contribution in [3.63, 3.8) is 0 Å². The third kappa shape index (κ3) is 5.64. The standard InChI is InChI=1S/C29H38N2O3/c1-20-15-24(17-26(34)16-20)27(19-33)30-29(13-11-25(12-14-29)28(3,4)5)31(6)21(2)23-9-7-22(18-32)8-10-23/h7-10,15-19,21,25,34H,11-14H2,1-6H3/b30-27+. The molecule has 1 aliphatic carbocycles. The summed E-state index contributed by atoms with van der Waals surface area (Å²) in [6, 6.07) is 12.9. The Labute approximate surface area is 203 Å². The van der Waals surface area contributed by atoms with Crippen LogP contribution in [0.1, 0.15) is 86.5 Å². The highest BCUT2D eigenvalue weighted by molar-refractivity contribution is 6.36. The summed E-state index contributed by atoms with van der Waals surface area (Å²) in [6.07, 6.45) is 5.40. The van der Waals surface area contributed by atoms with Gasteiger partial charge in [0, 0.05) is 17.2 Å². The van der Waals surface area contributed by atoms with Gasteiger partial charge in [0.25, 0.3) is 0 Å². The highest BCUT2D eigenvalue weighted by Gasteiger charge is 2.43. The van der Waals surface area contributed by atoms with Gasteiger partial charge in [0.15, 0.2) is 6.29 Å². The van der Waals surface area contributed by atoms with Crippen molar-refractivity contribution in [2.24, 2.45) is 16.3 Å². The van der Waals surface area contributed by atoms with Gasteiger partial charge in [0.05, 0.1) is 0 Å². The van der Waals surface area contributed by atoms with E-state index >= 15 is 0 Å². The largest absolute Gasteiger partial charge is 0.508 e. The highest BCUT2D eigenvalue weighted by Crippen LogP contribution is 2.46. The van der Waals surface area contributed by atoms with Gasteiger partial charge in [0.1, 0.15) is 23.4 Å². The molecule has 5 heteroatoms. The van der Waals surface area contributed by atoms with Crippen LogP contribution in [0.4, 0.5) is 0 Å². The topological polar surface area (TPSA) is 70.0 Å². The molecule has 1 N–H and O–H groups in total. The van der Waals surface area contributed by atoms with Crippen LogP contribution in [-0.4, -0.2) is 41.0 Å². The Balaban J connectivity index is 2.03. The molecule has 0 heterocycles. The number of carbonyl (C=O) groups is 2.